The first-order valence-corrected chi connectivity index (χ1v) is 5.65. The highest BCUT2D eigenvalue weighted by atomic mass is 79.9. The minimum Gasteiger partial charge on any atom is -0.506 e. The van der Waals surface area contributed by atoms with Gasteiger partial charge in [-0.25, -0.2) is 5.90 Å². The van der Waals surface area contributed by atoms with Crippen molar-refractivity contribution in [3.8, 4) is 17.2 Å². The number of fused-ring (bicyclic) bond motifs is 1. The molecule has 0 saturated heterocycles. The summed E-state index contributed by atoms with van der Waals surface area (Å²) in [6.07, 6.45) is 0.802. The van der Waals surface area contributed by atoms with Gasteiger partial charge in [0.1, 0.15) is 12.4 Å². The van der Waals surface area contributed by atoms with Crippen molar-refractivity contribution in [2.24, 2.45) is 5.90 Å². The highest BCUT2D eigenvalue weighted by Crippen LogP contribution is 2.43. The van der Waals surface area contributed by atoms with Gasteiger partial charge in [0, 0.05) is 12.5 Å². The van der Waals surface area contributed by atoms with Crippen LogP contribution in [0.3, 0.4) is 0 Å². The van der Waals surface area contributed by atoms with Crippen LogP contribution in [-0.2, 0) is 11.4 Å². The number of aromatic hydroxyl groups is 1. The second kappa shape index (κ2) is 4.90. The fourth-order valence-electron chi connectivity index (χ4n) is 1.55. The Morgan fingerprint density at radius 1 is 1.44 bits per heavy atom. The van der Waals surface area contributed by atoms with Gasteiger partial charge in [0.25, 0.3) is 0 Å². The van der Waals surface area contributed by atoms with Gasteiger partial charge in [-0.05, 0) is 15.9 Å². The van der Waals surface area contributed by atoms with Crippen LogP contribution in [0.1, 0.15) is 12.0 Å². The normalized spacial score (nSPS) is 14.6. The summed E-state index contributed by atoms with van der Waals surface area (Å²) >= 11 is 3.24. The molecule has 1 aromatic rings. The fourth-order valence-corrected chi connectivity index (χ4v) is 1.99. The third-order valence-corrected chi connectivity index (χ3v) is 2.89. The van der Waals surface area contributed by atoms with Crippen LogP contribution in [0.15, 0.2) is 10.5 Å². The molecule has 0 radical (unpaired) electrons. The van der Waals surface area contributed by atoms with Crippen LogP contribution in [0.2, 0.25) is 0 Å². The van der Waals surface area contributed by atoms with Crippen LogP contribution in [0, 0.1) is 0 Å². The molecule has 0 aromatic heterocycles. The highest BCUT2D eigenvalue weighted by Gasteiger charge is 2.21. The Morgan fingerprint density at radius 3 is 2.94 bits per heavy atom. The van der Waals surface area contributed by atoms with Crippen molar-refractivity contribution in [1.82, 2.24) is 0 Å². The summed E-state index contributed by atoms with van der Waals surface area (Å²) in [5, 5.41) is 9.86. The van der Waals surface area contributed by atoms with Crippen LogP contribution in [0.4, 0.5) is 0 Å². The van der Waals surface area contributed by atoms with Crippen LogP contribution in [-0.4, -0.2) is 18.3 Å². The van der Waals surface area contributed by atoms with E-state index in [0.29, 0.717) is 34.7 Å². The zero-order chi connectivity index (χ0) is 11.5. The van der Waals surface area contributed by atoms with E-state index in [1.54, 1.807) is 6.07 Å². The molecule has 1 aromatic carbocycles. The molecule has 0 unspecified atom stereocenters. The number of nitrogens with two attached hydrogens (primary N) is 1. The van der Waals surface area contributed by atoms with Gasteiger partial charge in [0.05, 0.1) is 23.2 Å². The lowest BCUT2D eigenvalue weighted by molar-refractivity contribution is 0.119. The maximum atomic E-state index is 9.86. The predicted molar refractivity (Wildman–Crippen MR) is 60.4 cm³/mol. The first-order valence-electron chi connectivity index (χ1n) is 4.85. The van der Waals surface area contributed by atoms with Gasteiger partial charge in [-0.3, -0.25) is 4.84 Å². The molecule has 6 heteroatoms. The Hall–Kier alpha value is -0.980. The summed E-state index contributed by atoms with van der Waals surface area (Å²) in [7, 11) is 0. The van der Waals surface area contributed by atoms with Crippen LogP contribution in [0.25, 0.3) is 0 Å². The maximum Gasteiger partial charge on any atom is 0.170 e. The summed E-state index contributed by atoms with van der Waals surface area (Å²) < 4.78 is 11.6. The molecule has 0 bridgehead atoms. The van der Waals surface area contributed by atoms with Crippen molar-refractivity contribution in [1.29, 1.82) is 0 Å². The van der Waals surface area contributed by atoms with Crippen LogP contribution < -0.4 is 15.4 Å². The third-order valence-electron chi connectivity index (χ3n) is 2.29. The van der Waals surface area contributed by atoms with Crippen molar-refractivity contribution in [3.63, 3.8) is 0 Å². The average Bonchev–Trinajstić information content (AvgIpc) is 2.50. The molecule has 0 aliphatic carbocycles. The number of phenolic OH excluding ortho intramolecular Hbond substituents is 1. The van der Waals surface area contributed by atoms with E-state index in [0.717, 1.165) is 6.42 Å². The van der Waals surface area contributed by atoms with Gasteiger partial charge in [0.2, 0.25) is 0 Å². The van der Waals surface area contributed by atoms with E-state index >= 15 is 0 Å². The van der Waals surface area contributed by atoms with Gasteiger partial charge >= 0.3 is 0 Å². The molecule has 1 aliphatic rings. The molecule has 5 nitrogen and oxygen atoms in total. The fraction of sp³-hybridized carbons (Fsp3) is 0.400. The molecular weight excluding hydrogens is 278 g/mol. The molecule has 0 spiro atoms. The molecule has 0 saturated carbocycles. The molecule has 0 fully saturated rings. The molecule has 1 heterocycles. The number of benzene rings is 1. The smallest absolute Gasteiger partial charge is 0.170 e. The predicted octanol–water partition coefficient (Wildman–Crippen LogP) is 1.71. The van der Waals surface area contributed by atoms with E-state index in [9.17, 15) is 5.11 Å². The number of halogens is 1. The standard InChI is InChI=1S/C10H12BrNO4/c11-7-4-8-10(15-3-1-2-14-8)6(5-16-12)9(7)13/h4,13H,1-3,5,12H2. The summed E-state index contributed by atoms with van der Waals surface area (Å²) in [5.41, 5.74) is 0.494. The maximum absolute atomic E-state index is 9.86. The second-order valence-corrected chi connectivity index (χ2v) is 4.23. The molecule has 88 valence electrons. The van der Waals surface area contributed by atoms with Gasteiger partial charge < -0.3 is 14.6 Å². The zero-order valence-electron chi connectivity index (χ0n) is 8.53. The van der Waals surface area contributed by atoms with Crippen molar-refractivity contribution in [2.45, 2.75) is 13.0 Å². The number of hydrogen-bond acceptors (Lipinski definition) is 5. The van der Waals surface area contributed by atoms with Crippen LogP contribution >= 0.6 is 15.9 Å². The van der Waals surface area contributed by atoms with Gasteiger partial charge in [-0.15, -0.1) is 0 Å². The average molecular weight is 290 g/mol. The minimum atomic E-state index is 0.0645. The Kier molecular flexibility index (Phi) is 3.52. The Bertz CT molecular complexity index is 397. The molecule has 0 atom stereocenters. The van der Waals surface area contributed by atoms with Crippen molar-refractivity contribution in [3.05, 3.63) is 16.1 Å². The lowest BCUT2D eigenvalue weighted by Gasteiger charge is -2.14. The summed E-state index contributed by atoms with van der Waals surface area (Å²) in [6, 6.07) is 1.68. The van der Waals surface area contributed by atoms with E-state index in [1.807, 2.05) is 0 Å². The Balaban J connectivity index is 2.51. The molecule has 2 rings (SSSR count). The monoisotopic (exact) mass is 289 g/mol. The first-order chi connectivity index (χ1) is 7.74. The summed E-state index contributed by atoms with van der Waals surface area (Å²) in [5.74, 6) is 6.19. The Labute approximate surface area is 101 Å². The van der Waals surface area contributed by atoms with E-state index in [1.165, 1.54) is 0 Å². The van der Waals surface area contributed by atoms with E-state index < -0.39 is 0 Å². The quantitative estimate of drug-likeness (QED) is 0.811. The molecule has 3 N–H and O–H groups in total. The van der Waals surface area contributed by atoms with Crippen molar-refractivity contribution in [2.75, 3.05) is 13.2 Å². The lowest BCUT2D eigenvalue weighted by atomic mass is 10.1. The van der Waals surface area contributed by atoms with Gasteiger partial charge in [-0.1, -0.05) is 0 Å². The topological polar surface area (TPSA) is 73.9 Å². The van der Waals surface area contributed by atoms with Gasteiger partial charge in [0.15, 0.2) is 11.5 Å². The van der Waals surface area contributed by atoms with Crippen molar-refractivity contribution >= 4 is 15.9 Å². The highest BCUT2D eigenvalue weighted by molar-refractivity contribution is 9.10. The minimum absolute atomic E-state index is 0.0645. The SMILES string of the molecule is NOCc1c(O)c(Br)cc2c1OCCCO2. The van der Waals surface area contributed by atoms with E-state index in [4.69, 9.17) is 15.4 Å². The molecule has 1 aliphatic heterocycles. The van der Waals surface area contributed by atoms with Crippen molar-refractivity contribution < 1.29 is 19.4 Å². The van der Waals surface area contributed by atoms with Gasteiger partial charge in [-0.2, -0.15) is 0 Å². The second-order valence-electron chi connectivity index (χ2n) is 3.37. The molecule has 16 heavy (non-hydrogen) atoms. The third kappa shape index (κ3) is 2.09. The van der Waals surface area contributed by atoms with E-state index in [-0.39, 0.29) is 12.4 Å². The number of phenols is 1. The largest absolute Gasteiger partial charge is 0.506 e. The number of rotatable bonds is 2. The first kappa shape index (κ1) is 11.5. The summed E-state index contributed by atoms with van der Waals surface area (Å²) in [6.45, 7) is 1.20. The molecule has 0 amide bonds. The number of ether oxygens (including phenoxy) is 2. The van der Waals surface area contributed by atoms with E-state index in [2.05, 4.69) is 20.8 Å². The number of hydrogen-bond donors (Lipinski definition) is 2. The lowest BCUT2D eigenvalue weighted by Crippen LogP contribution is -2.03. The van der Waals surface area contributed by atoms with Crippen LogP contribution in [0.5, 0.6) is 17.2 Å². The Morgan fingerprint density at radius 2 is 2.19 bits per heavy atom. The molecular formula is C10H12BrNO4. The summed E-state index contributed by atoms with van der Waals surface area (Å²) in [4.78, 5) is 4.55. The zero-order valence-corrected chi connectivity index (χ0v) is 10.1.